The fourth-order valence-corrected chi connectivity index (χ4v) is 1.91. The molecule has 2 rings (SSSR count). The third kappa shape index (κ3) is 2.71. The molecule has 0 bridgehead atoms. The Hall–Kier alpha value is -1.81. The number of halogens is 1. The third-order valence-corrected chi connectivity index (χ3v) is 2.69. The van der Waals surface area contributed by atoms with Crippen LogP contribution in [-0.2, 0) is 0 Å². The maximum absolute atomic E-state index is 6.14. The minimum Gasteiger partial charge on any atom is -0.492 e. The molecule has 2 N–H and O–H groups in total. The van der Waals surface area contributed by atoms with Crippen molar-refractivity contribution in [1.82, 2.24) is 9.97 Å². The van der Waals surface area contributed by atoms with E-state index in [0.717, 1.165) is 17.0 Å². The third-order valence-electron chi connectivity index (χ3n) is 2.40. The molecule has 0 aliphatic rings. The number of rotatable bonds is 3. The lowest BCUT2D eigenvalue weighted by Gasteiger charge is -2.08. The molecule has 2 aromatic rings. The fraction of sp³-hybridized carbons (Fsp3) is 0.231. The molecule has 0 atom stereocenters. The van der Waals surface area contributed by atoms with Crippen LogP contribution in [0, 0.1) is 6.92 Å². The molecule has 0 amide bonds. The molecule has 0 fully saturated rings. The zero-order chi connectivity index (χ0) is 13.1. The molecule has 1 aromatic heterocycles. The number of nitrogens with zero attached hydrogens (tertiary/aromatic N) is 2. The van der Waals surface area contributed by atoms with E-state index in [2.05, 4.69) is 9.97 Å². The second kappa shape index (κ2) is 5.23. The van der Waals surface area contributed by atoms with Crippen molar-refractivity contribution in [3.63, 3.8) is 0 Å². The van der Waals surface area contributed by atoms with E-state index in [1.807, 2.05) is 38.1 Å². The summed E-state index contributed by atoms with van der Waals surface area (Å²) in [5.41, 5.74) is 8.10. The summed E-state index contributed by atoms with van der Waals surface area (Å²) >= 11 is 6.14. The molecule has 4 nitrogen and oxygen atoms in total. The number of hydrogen-bond acceptors (Lipinski definition) is 4. The van der Waals surface area contributed by atoms with Crippen LogP contribution in [0.25, 0.3) is 11.3 Å². The average Bonchev–Trinajstić information content (AvgIpc) is 2.30. The first-order chi connectivity index (χ1) is 8.60. The second-order valence-corrected chi connectivity index (χ2v) is 4.24. The Bertz CT molecular complexity index is 552. The molecular weight excluding hydrogens is 250 g/mol. The van der Waals surface area contributed by atoms with Crippen LogP contribution in [0.2, 0.25) is 5.02 Å². The minimum absolute atomic E-state index is 0.259. The van der Waals surface area contributed by atoms with Gasteiger partial charge in [-0.2, -0.15) is 0 Å². The summed E-state index contributed by atoms with van der Waals surface area (Å²) in [5, 5.41) is 0.559. The Kier molecular flexibility index (Phi) is 3.67. The van der Waals surface area contributed by atoms with E-state index in [1.165, 1.54) is 0 Å². The van der Waals surface area contributed by atoms with Crippen molar-refractivity contribution in [2.45, 2.75) is 13.8 Å². The standard InChI is InChI=1S/C13H14ClN3O/c1-3-18-12-5-4-9(7-10(12)14)11-6-8(2)16-13(15)17-11/h4-7H,3H2,1-2H3,(H2,15,16,17). The highest BCUT2D eigenvalue weighted by atomic mass is 35.5. The van der Waals surface area contributed by atoms with Gasteiger partial charge >= 0.3 is 0 Å². The van der Waals surface area contributed by atoms with Gasteiger partial charge < -0.3 is 10.5 Å². The van der Waals surface area contributed by atoms with E-state index in [9.17, 15) is 0 Å². The van der Waals surface area contributed by atoms with Gasteiger partial charge in [-0.15, -0.1) is 0 Å². The summed E-state index contributed by atoms with van der Waals surface area (Å²) in [5.74, 6) is 0.927. The molecule has 0 radical (unpaired) electrons. The zero-order valence-electron chi connectivity index (χ0n) is 10.3. The number of benzene rings is 1. The number of nitrogens with two attached hydrogens (primary N) is 1. The zero-order valence-corrected chi connectivity index (χ0v) is 11.0. The van der Waals surface area contributed by atoms with E-state index in [-0.39, 0.29) is 5.95 Å². The molecule has 0 aliphatic heterocycles. The summed E-state index contributed by atoms with van der Waals surface area (Å²) in [7, 11) is 0. The van der Waals surface area contributed by atoms with Crippen molar-refractivity contribution in [2.75, 3.05) is 12.3 Å². The molecule has 0 spiro atoms. The molecule has 1 heterocycles. The number of aromatic nitrogens is 2. The molecule has 18 heavy (non-hydrogen) atoms. The molecule has 0 unspecified atom stereocenters. The fourth-order valence-electron chi connectivity index (χ4n) is 1.67. The van der Waals surface area contributed by atoms with Gasteiger partial charge in [0.25, 0.3) is 0 Å². The summed E-state index contributed by atoms with van der Waals surface area (Å²) in [6.45, 7) is 4.37. The number of nitrogen functional groups attached to an aromatic ring is 1. The van der Waals surface area contributed by atoms with Gasteiger partial charge in [-0.1, -0.05) is 11.6 Å². The van der Waals surface area contributed by atoms with E-state index >= 15 is 0 Å². The first-order valence-corrected chi connectivity index (χ1v) is 6.02. The van der Waals surface area contributed by atoms with Crippen LogP contribution in [0.4, 0.5) is 5.95 Å². The first-order valence-electron chi connectivity index (χ1n) is 5.64. The SMILES string of the molecule is CCOc1ccc(-c2cc(C)nc(N)n2)cc1Cl. The van der Waals surface area contributed by atoms with Gasteiger partial charge in [0.1, 0.15) is 5.75 Å². The molecule has 0 saturated heterocycles. The van der Waals surface area contributed by atoms with Gasteiger partial charge in [0.15, 0.2) is 0 Å². The Morgan fingerprint density at radius 1 is 1.28 bits per heavy atom. The average molecular weight is 264 g/mol. The largest absolute Gasteiger partial charge is 0.492 e. The summed E-state index contributed by atoms with van der Waals surface area (Å²) < 4.78 is 5.39. The predicted octanol–water partition coefficient (Wildman–Crippen LogP) is 3.09. The van der Waals surface area contributed by atoms with Crippen LogP contribution < -0.4 is 10.5 Å². The maximum Gasteiger partial charge on any atom is 0.220 e. The quantitative estimate of drug-likeness (QED) is 0.924. The van der Waals surface area contributed by atoms with Crippen molar-refractivity contribution < 1.29 is 4.74 Å². The lowest BCUT2D eigenvalue weighted by Crippen LogP contribution is -1.98. The normalized spacial score (nSPS) is 10.4. The van der Waals surface area contributed by atoms with E-state index in [1.54, 1.807) is 0 Å². The number of anilines is 1. The summed E-state index contributed by atoms with van der Waals surface area (Å²) in [4.78, 5) is 8.23. The smallest absolute Gasteiger partial charge is 0.220 e. The highest BCUT2D eigenvalue weighted by molar-refractivity contribution is 6.32. The number of ether oxygens (including phenoxy) is 1. The monoisotopic (exact) mass is 263 g/mol. The van der Waals surface area contributed by atoms with Crippen molar-refractivity contribution in [1.29, 1.82) is 0 Å². The van der Waals surface area contributed by atoms with E-state index < -0.39 is 0 Å². The summed E-state index contributed by atoms with van der Waals surface area (Å²) in [6.07, 6.45) is 0. The van der Waals surface area contributed by atoms with E-state index in [4.69, 9.17) is 22.1 Å². The Labute approximate surface area is 111 Å². The van der Waals surface area contributed by atoms with Crippen molar-refractivity contribution in [3.8, 4) is 17.0 Å². The Morgan fingerprint density at radius 2 is 2.06 bits per heavy atom. The van der Waals surface area contributed by atoms with Gasteiger partial charge in [0, 0.05) is 11.3 Å². The van der Waals surface area contributed by atoms with Crippen molar-refractivity contribution in [3.05, 3.63) is 35.0 Å². The topological polar surface area (TPSA) is 61.0 Å². The molecule has 1 aromatic carbocycles. The van der Waals surface area contributed by atoms with Gasteiger partial charge in [0.2, 0.25) is 5.95 Å². The van der Waals surface area contributed by atoms with Crippen LogP contribution in [0.3, 0.4) is 0 Å². The minimum atomic E-state index is 0.259. The Balaban J connectivity index is 2.42. The van der Waals surface area contributed by atoms with Crippen LogP contribution in [0.1, 0.15) is 12.6 Å². The Morgan fingerprint density at radius 3 is 2.67 bits per heavy atom. The van der Waals surface area contributed by atoms with Gasteiger partial charge in [-0.05, 0) is 38.1 Å². The van der Waals surface area contributed by atoms with Gasteiger partial charge in [-0.3, -0.25) is 0 Å². The summed E-state index contributed by atoms with van der Waals surface area (Å²) in [6, 6.07) is 7.41. The van der Waals surface area contributed by atoms with Gasteiger partial charge in [-0.25, -0.2) is 9.97 Å². The van der Waals surface area contributed by atoms with Crippen LogP contribution >= 0.6 is 11.6 Å². The van der Waals surface area contributed by atoms with E-state index in [0.29, 0.717) is 17.4 Å². The van der Waals surface area contributed by atoms with Crippen LogP contribution in [0.15, 0.2) is 24.3 Å². The van der Waals surface area contributed by atoms with Gasteiger partial charge in [0.05, 0.1) is 17.3 Å². The lowest BCUT2D eigenvalue weighted by molar-refractivity contribution is 0.340. The van der Waals surface area contributed by atoms with Crippen molar-refractivity contribution >= 4 is 17.5 Å². The molecule has 94 valence electrons. The molecule has 5 heteroatoms. The molecule has 0 aliphatic carbocycles. The highest BCUT2D eigenvalue weighted by Gasteiger charge is 2.07. The second-order valence-electron chi connectivity index (χ2n) is 3.83. The van der Waals surface area contributed by atoms with Crippen LogP contribution in [0.5, 0.6) is 5.75 Å². The predicted molar refractivity (Wildman–Crippen MR) is 72.8 cm³/mol. The lowest BCUT2D eigenvalue weighted by atomic mass is 10.1. The molecule has 0 saturated carbocycles. The number of aryl methyl sites for hydroxylation is 1. The van der Waals surface area contributed by atoms with Crippen LogP contribution in [-0.4, -0.2) is 16.6 Å². The maximum atomic E-state index is 6.14. The van der Waals surface area contributed by atoms with Crippen molar-refractivity contribution in [2.24, 2.45) is 0 Å². The first kappa shape index (κ1) is 12.6. The molecular formula is C13H14ClN3O. The highest BCUT2D eigenvalue weighted by Crippen LogP contribution is 2.29. The number of hydrogen-bond donors (Lipinski definition) is 1.